The second-order valence-corrected chi connectivity index (χ2v) is 3.99. The molecule has 1 atom stereocenters. The van der Waals surface area contributed by atoms with Crippen molar-refractivity contribution in [3.8, 4) is 5.75 Å². The molecule has 6 heteroatoms. The van der Waals surface area contributed by atoms with E-state index in [0.717, 1.165) is 0 Å². The summed E-state index contributed by atoms with van der Waals surface area (Å²) in [4.78, 5) is 22.7. The number of anilines is 1. The van der Waals surface area contributed by atoms with Gasteiger partial charge in [-0.3, -0.25) is 9.59 Å². The number of benzene rings is 1. The van der Waals surface area contributed by atoms with Crippen LogP contribution in [-0.2, 0) is 9.59 Å². The third-order valence-corrected chi connectivity index (χ3v) is 2.53. The van der Waals surface area contributed by atoms with E-state index in [9.17, 15) is 9.59 Å². The van der Waals surface area contributed by atoms with Gasteiger partial charge in [-0.2, -0.15) is 0 Å². The summed E-state index contributed by atoms with van der Waals surface area (Å²) < 4.78 is 5.27. The first-order valence-electron chi connectivity index (χ1n) is 6.06. The topological polar surface area (TPSA) is 93.5 Å². The molecule has 0 saturated heterocycles. The van der Waals surface area contributed by atoms with E-state index < -0.39 is 6.04 Å². The van der Waals surface area contributed by atoms with Gasteiger partial charge in [0.05, 0.1) is 6.04 Å². The van der Waals surface area contributed by atoms with Crippen LogP contribution in [-0.4, -0.2) is 31.5 Å². The molecule has 6 nitrogen and oxygen atoms in total. The van der Waals surface area contributed by atoms with Crippen molar-refractivity contribution < 1.29 is 14.3 Å². The molecule has 0 spiro atoms. The molecule has 0 saturated carbocycles. The van der Waals surface area contributed by atoms with Crippen molar-refractivity contribution in [3.05, 3.63) is 24.3 Å². The first-order chi connectivity index (χ1) is 9.06. The lowest BCUT2D eigenvalue weighted by Crippen LogP contribution is -2.34. The third-order valence-electron chi connectivity index (χ3n) is 2.53. The standard InChI is InChI=1S/C13H19N3O3/c1-3-11(14)13(18)16-9-5-4-6-10(7-9)19-8-12(17)15-2/h4-7,11H,3,8,14H2,1-2H3,(H,15,17)(H,16,18)/t11-/m1/s1. The van der Waals surface area contributed by atoms with Gasteiger partial charge in [0, 0.05) is 18.8 Å². The molecule has 0 aliphatic carbocycles. The van der Waals surface area contributed by atoms with E-state index in [2.05, 4.69) is 10.6 Å². The second-order valence-electron chi connectivity index (χ2n) is 3.99. The monoisotopic (exact) mass is 265 g/mol. The van der Waals surface area contributed by atoms with Gasteiger partial charge in [-0.05, 0) is 18.6 Å². The van der Waals surface area contributed by atoms with Gasteiger partial charge in [-0.15, -0.1) is 0 Å². The van der Waals surface area contributed by atoms with Crippen LogP contribution in [0, 0.1) is 0 Å². The molecule has 0 fully saturated rings. The SMILES string of the molecule is CC[C@@H](N)C(=O)Nc1cccc(OCC(=O)NC)c1. The summed E-state index contributed by atoms with van der Waals surface area (Å²) in [5, 5.41) is 5.14. The maximum absolute atomic E-state index is 11.6. The van der Waals surface area contributed by atoms with Gasteiger partial charge in [-0.1, -0.05) is 13.0 Å². The number of likely N-dealkylation sites (N-methyl/N-ethyl adjacent to an activating group) is 1. The number of hydrogen-bond donors (Lipinski definition) is 3. The first-order valence-corrected chi connectivity index (χ1v) is 6.06. The quantitative estimate of drug-likeness (QED) is 0.697. The van der Waals surface area contributed by atoms with Crippen molar-refractivity contribution in [1.29, 1.82) is 0 Å². The second kappa shape index (κ2) is 7.38. The lowest BCUT2D eigenvalue weighted by molar-refractivity contribution is -0.122. The van der Waals surface area contributed by atoms with Crippen LogP contribution >= 0.6 is 0 Å². The Kier molecular flexibility index (Phi) is 5.81. The first kappa shape index (κ1) is 15.0. The largest absolute Gasteiger partial charge is 0.484 e. The Balaban J connectivity index is 2.61. The van der Waals surface area contributed by atoms with E-state index in [0.29, 0.717) is 17.9 Å². The Labute approximate surface area is 112 Å². The molecule has 0 bridgehead atoms. The lowest BCUT2D eigenvalue weighted by Gasteiger charge is -2.11. The summed E-state index contributed by atoms with van der Waals surface area (Å²) >= 11 is 0. The average Bonchev–Trinajstić information content (AvgIpc) is 2.44. The molecule has 0 heterocycles. The van der Waals surface area contributed by atoms with Crippen LogP contribution in [0.25, 0.3) is 0 Å². The number of nitrogens with one attached hydrogen (secondary N) is 2. The summed E-state index contributed by atoms with van der Waals surface area (Å²) in [6, 6.07) is 6.27. The highest BCUT2D eigenvalue weighted by Gasteiger charge is 2.11. The van der Waals surface area contributed by atoms with Crippen LogP contribution in [0.1, 0.15) is 13.3 Å². The number of carbonyl (C=O) groups is 2. The van der Waals surface area contributed by atoms with Crippen LogP contribution in [0.5, 0.6) is 5.75 Å². The van der Waals surface area contributed by atoms with Gasteiger partial charge in [0.15, 0.2) is 6.61 Å². The number of ether oxygens (including phenoxy) is 1. The van der Waals surface area contributed by atoms with Crippen molar-refractivity contribution in [1.82, 2.24) is 5.32 Å². The molecule has 2 amide bonds. The number of rotatable bonds is 6. The Morgan fingerprint density at radius 1 is 1.42 bits per heavy atom. The van der Waals surface area contributed by atoms with E-state index in [4.69, 9.17) is 10.5 Å². The molecule has 0 radical (unpaired) electrons. The molecule has 1 aromatic rings. The molecular formula is C13H19N3O3. The van der Waals surface area contributed by atoms with Gasteiger partial charge in [-0.25, -0.2) is 0 Å². The third kappa shape index (κ3) is 4.97. The normalized spacial score (nSPS) is 11.5. The fraction of sp³-hybridized carbons (Fsp3) is 0.385. The smallest absolute Gasteiger partial charge is 0.257 e. The summed E-state index contributed by atoms with van der Waals surface area (Å²) in [5.41, 5.74) is 6.21. The van der Waals surface area contributed by atoms with Crippen molar-refractivity contribution in [3.63, 3.8) is 0 Å². The Hall–Kier alpha value is -2.08. The number of hydrogen-bond acceptors (Lipinski definition) is 4. The van der Waals surface area contributed by atoms with Crippen molar-refractivity contribution >= 4 is 17.5 Å². The van der Waals surface area contributed by atoms with Crippen LogP contribution in [0.2, 0.25) is 0 Å². The van der Waals surface area contributed by atoms with Crippen LogP contribution in [0.3, 0.4) is 0 Å². The minimum atomic E-state index is -0.532. The average molecular weight is 265 g/mol. The highest BCUT2D eigenvalue weighted by molar-refractivity contribution is 5.94. The number of nitrogens with two attached hydrogens (primary N) is 1. The van der Waals surface area contributed by atoms with Crippen molar-refractivity contribution in [2.24, 2.45) is 5.73 Å². The van der Waals surface area contributed by atoms with Gasteiger partial charge < -0.3 is 21.1 Å². The fourth-order valence-corrected chi connectivity index (χ4v) is 1.31. The fourth-order valence-electron chi connectivity index (χ4n) is 1.31. The molecule has 0 aliphatic heterocycles. The maximum Gasteiger partial charge on any atom is 0.257 e. The predicted molar refractivity (Wildman–Crippen MR) is 72.9 cm³/mol. The minimum absolute atomic E-state index is 0.0671. The Bertz CT molecular complexity index is 449. The Morgan fingerprint density at radius 3 is 2.79 bits per heavy atom. The molecule has 1 rings (SSSR count). The van der Waals surface area contributed by atoms with Gasteiger partial charge in [0.1, 0.15) is 5.75 Å². The molecule has 1 aromatic carbocycles. The van der Waals surface area contributed by atoms with Gasteiger partial charge in [0.25, 0.3) is 5.91 Å². The summed E-state index contributed by atoms with van der Waals surface area (Å²) in [6.07, 6.45) is 0.568. The lowest BCUT2D eigenvalue weighted by atomic mass is 10.2. The highest BCUT2D eigenvalue weighted by atomic mass is 16.5. The number of carbonyl (C=O) groups excluding carboxylic acids is 2. The van der Waals surface area contributed by atoms with E-state index in [-0.39, 0.29) is 18.4 Å². The molecular weight excluding hydrogens is 246 g/mol. The van der Waals surface area contributed by atoms with Gasteiger partial charge in [0.2, 0.25) is 5.91 Å². The predicted octanol–water partition coefficient (Wildman–Crippen LogP) is 0.487. The van der Waals surface area contributed by atoms with E-state index >= 15 is 0 Å². The van der Waals surface area contributed by atoms with E-state index in [1.807, 2.05) is 6.92 Å². The molecule has 0 unspecified atom stereocenters. The molecule has 0 aromatic heterocycles. The van der Waals surface area contributed by atoms with Crippen LogP contribution in [0.4, 0.5) is 5.69 Å². The van der Waals surface area contributed by atoms with Crippen molar-refractivity contribution in [2.45, 2.75) is 19.4 Å². The zero-order valence-electron chi connectivity index (χ0n) is 11.1. The highest BCUT2D eigenvalue weighted by Crippen LogP contribution is 2.17. The summed E-state index contributed by atoms with van der Waals surface area (Å²) in [5.74, 6) is 0.0415. The molecule has 19 heavy (non-hydrogen) atoms. The Morgan fingerprint density at radius 2 is 2.16 bits per heavy atom. The zero-order valence-corrected chi connectivity index (χ0v) is 11.1. The van der Waals surface area contributed by atoms with E-state index in [1.54, 1.807) is 24.3 Å². The zero-order chi connectivity index (χ0) is 14.3. The summed E-state index contributed by atoms with van der Waals surface area (Å²) in [6.45, 7) is 1.77. The van der Waals surface area contributed by atoms with E-state index in [1.165, 1.54) is 7.05 Å². The van der Waals surface area contributed by atoms with Crippen LogP contribution in [0.15, 0.2) is 24.3 Å². The van der Waals surface area contributed by atoms with Crippen LogP contribution < -0.4 is 21.1 Å². The van der Waals surface area contributed by atoms with Crippen molar-refractivity contribution in [2.75, 3.05) is 19.0 Å². The summed E-state index contributed by atoms with van der Waals surface area (Å²) in [7, 11) is 1.54. The minimum Gasteiger partial charge on any atom is -0.484 e. The van der Waals surface area contributed by atoms with Gasteiger partial charge >= 0.3 is 0 Å². The molecule has 4 N–H and O–H groups in total. The number of amides is 2. The molecule has 104 valence electrons. The maximum atomic E-state index is 11.6. The molecule has 0 aliphatic rings.